The Morgan fingerprint density at radius 2 is 2.03 bits per heavy atom. The zero-order valence-corrected chi connectivity index (χ0v) is 17.5. The molecule has 2 aromatic rings. The van der Waals surface area contributed by atoms with Gasteiger partial charge in [0.05, 0.1) is 10.6 Å². The zero-order valence-electron chi connectivity index (χ0n) is 15.9. The number of nitrogens with one attached hydrogen (secondary N) is 2. The summed E-state index contributed by atoms with van der Waals surface area (Å²) < 4.78 is 27.2. The van der Waals surface area contributed by atoms with Crippen LogP contribution < -0.4 is 10.1 Å². The number of benzene rings is 2. The molecule has 0 spiro atoms. The normalized spacial score (nSPS) is 14.8. The van der Waals surface area contributed by atoms with Crippen molar-refractivity contribution in [2.45, 2.75) is 37.5 Å². The van der Waals surface area contributed by atoms with Crippen LogP contribution in [0.25, 0.3) is 0 Å². The summed E-state index contributed by atoms with van der Waals surface area (Å²) in [6.07, 6.45) is 2.75. The van der Waals surface area contributed by atoms with E-state index in [1.807, 2.05) is 6.92 Å². The van der Waals surface area contributed by atoms with Gasteiger partial charge in [0.1, 0.15) is 5.75 Å². The van der Waals surface area contributed by atoms with Gasteiger partial charge in [0, 0.05) is 22.7 Å². The minimum Gasteiger partial charge on any atom is -0.507 e. The van der Waals surface area contributed by atoms with E-state index >= 15 is 0 Å². The van der Waals surface area contributed by atoms with Gasteiger partial charge >= 0.3 is 0 Å². The van der Waals surface area contributed by atoms with Crippen molar-refractivity contribution in [3.05, 3.63) is 58.1 Å². The number of carbonyl (C=O) groups excluding carboxylic acids is 1. The first-order valence-electron chi connectivity index (χ1n) is 9.31. The van der Waals surface area contributed by atoms with Crippen LogP contribution in [0.1, 0.15) is 47.7 Å². The van der Waals surface area contributed by atoms with Crippen LogP contribution in [0.2, 0.25) is 5.02 Å². The van der Waals surface area contributed by atoms with Crippen molar-refractivity contribution >= 4 is 33.2 Å². The van der Waals surface area contributed by atoms with E-state index in [4.69, 9.17) is 11.6 Å². The first kappa shape index (κ1) is 21.3. The largest absolute Gasteiger partial charge is 0.507 e. The summed E-state index contributed by atoms with van der Waals surface area (Å²) in [5.41, 5.74) is 4.47. The number of aromatic hydroxyl groups is 1. The number of rotatable bonds is 7. The molecule has 0 saturated carbocycles. The molecule has 3 rings (SSSR count). The molecule has 3 N–H and O–H groups in total. The van der Waals surface area contributed by atoms with E-state index in [0.717, 1.165) is 18.4 Å². The molecule has 9 heteroatoms. The standard InChI is InChI=1S/C20H22ClN3O4S/c1-2-3-11-22-29(27,28)14-6-4-5-13(12-14)20(26)24-23-17-9-7-15-16(21)8-10-18(25)19(15)17/h4-6,8,10,12,22,25H,2-3,7,9,11H2,1H3,(H,24,26)/b23-17+. The molecule has 1 aliphatic rings. The highest BCUT2D eigenvalue weighted by Gasteiger charge is 2.24. The number of sulfonamides is 1. The van der Waals surface area contributed by atoms with Crippen LogP contribution >= 0.6 is 11.6 Å². The lowest BCUT2D eigenvalue weighted by Gasteiger charge is -2.08. The Labute approximate surface area is 174 Å². The lowest BCUT2D eigenvalue weighted by molar-refractivity contribution is 0.0954. The molecular weight excluding hydrogens is 414 g/mol. The fraction of sp³-hybridized carbons (Fsp3) is 0.300. The van der Waals surface area contributed by atoms with Gasteiger partial charge in [-0.1, -0.05) is 31.0 Å². The third-order valence-electron chi connectivity index (χ3n) is 4.66. The number of hydrazone groups is 1. The molecule has 0 fully saturated rings. The highest BCUT2D eigenvalue weighted by atomic mass is 35.5. The van der Waals surface area contributed by atoms with E-state index in [1.165, 1.54) is 30.3 Å². The fourth-order valence-electron chi connectivity index (χ4n) is 3.11. The molecule has 1 amide bonds. The van der Waals surface area contributed by atoms with Crippen LogP contribution in [0.3, 0.4) is 0 Å². The van der Waals surface area contributed by atoms with Gasteiger partial charge in [0.2, 0.25) is 10.0 Å². The average Bonchev–Trinajstić information content (AvgIpc) is 3.14. The molecule has 0 radical (unpaired) electrons. The first-order valence-corrected chi connectivity index (χ1v) is 11.2. The van der Waals surface area contributed by atoms with Crippen LogP contribution in [0, 0.1) is 0 Å². The highest BCUT2D eigenvalue weighted by molar-refractivity contribution is 7.89. The molecular formula is C20H22ClN3O4S. The van der Waals surface area contributed by atoms with Gasteiger partial charge in [0.25, 0.3) is 5.91 Å². The lowest BCUT2D eigenvalue weighted by Crippen LogP contribution is -2.25. The Bertz CT molecular complexity index is 1070. The summed E-state index contributed by atoms with van der Waals surface area (Å²) in [6.45, 7) is 2.31. The monoisotopic (exact) mass is 435 g/mol. The number of nitrogens with zero attached hydrogens (tertiary/aromatic N) is 1. The van der Waals surface area contributed by atoms with Crippen molar-refractivity contribution in [2.24, 2.45) is 5.10 Å². The number of carbonyl (C=O) groups is 1. The number of hydrogen-bond donors (Lipinski definition) is 3. The second-order valence-electron chi connectivity index (χ2n) is 6.70. The number of phenolic OH excluding ortho intramolecular Hbond substituents is 1. The summed E-state index contributed by atoms with van der Waals surface area (Å²) >= 11 is 6.15. The second kappa shape index (κ2) is 8.94. The van der Waals surface area contributed by atoms with Crippen molar-refractivity contribution in [3.63, 3.8) is 0 Å². The maximum absolute atomic E-state index is 12.5. The molecule has 154 valence electrons. The molecule has 0 aliphatic heterocycles. The second-order valence-corrected chi connectivity index (χ2v) is 8.87. The van der Waals surface area contributed by atoms with Gasteiger partial charge in [-0.05, 0) is 55.2 Å². The molecule has 0 bridgehead atoms. The van der Waals surface area contributed by atoms with E-state index < -0.39 is 15.9 Å². The minimum absolute atomic E-state index is 0.0181. The van der Waals surface area contributed by atoms with Gasteiger partial charge in [-0.2, -0.15) is 5.10 Å². The smallest absolute Gasteiger partial charge is 0.271 e. The van der Waals surface area contributed by atoms with Crippen molar-refractivity contribution < 1.29 is 18.3 Å². The van der Waals surface area contributed by atoms with Gasteiger partial charge in [-0.25, -0.2) is 18.6 Å². The maximum Gasteiger partial charge on any atom is 0.271 e. The Kier molecular flexibility index (Phi) is 6.56. The highest BCUT2D eigenvalue weighted by Crippen LogP contribution is 2.35. The van der Waals surface area contributed by atoms with Crippen LogP contribution in [-0.2, 0) is 16.4 Å². The van der Waals surface area contributed by atoms with Gasteiger partial charge < -0.3 is 5.11 Å². The molecule has 0 aromatic heterocycles. The predicted octanol–water partition coefficient (Wildman–Crippen LogP) is 3.20. The van der Waals surface area contributed by atoms with E-state index in [1.54, 1.807) is 6.07 Å². The topological polar surface area (TPSA) is 108 Å². The van der Waals surface area contributed by atoms with Crippen LogP contribution in [0.4, 0.5) is 0 Å². The Hall–Kier alpha value is -2.42. The maximum atomic E-state index is 12.5. The van der Waals surface area contributed by atoms with E-state index in [2.05, 4.69) is 15.2 Å². The van der Waals surface area contributed by atoms with Gasteiger partial charge in [-0.3, -0.25) is 4.79 Å². The number of unbranched alkanes of at least 4 members (excludes halogenated alkanes) is 1. The first-order chi connectivity index (χ1) is 13.8. The number of amides is 1. The van der Waals surface area contributed by atoms with Crippen LogP contribution in [0.5, 0.6) is 5.75 Å². The summed E-state index contributed by atoms with van der Waals surface area (Å²) in [6, 6.07) is 8.87. The molecule has 2 aromatic carbocycles. The summed E-state index contributed by atoms with van der Waals surface area (Å²) in [5, 5.41) is 14.8. The molecule has 29 heavy (non-hydrogen) atoms. The van der Waals surface area contributed by atoms with Gasteiger partial charge in [0.15, 0.2) is 0 Å². The number of hydrogen-bond acceptors (Lipinski definition) is 5. The molecule has 0 atom stereocenters. The Morgan fingerprint density at radius 1 is 1.24 bits per heavy atom. The quantitative estimate of drug-likeness (QED) is 0.458. The fourth-order valence-corrected chi connectivity index (χ4v) is 4.48. The summed E-state index contributed by atoms with van der Waals surface area (Å²) in [4.78, 5) is 12.5. The Balaban J connectivity index is 1.77. The van der Waals surface area contributed by atoms with Crippen molar-refractivity contribution in [2.75, 3.05) is 6.54 Å². The van der Waals surface area contributed by atoms with Gasteiger partial charge in [-0.15, -0.1) is 0 Å². The minimum atomic E-state index is -3.68. The summed E-state index contributed by atoms with van der Waals surface area (Å²) in [7, 11) is -3.68. The molecule has 0 saturated heterocycles. The zero-order chi connectivity index (χ0) is 21.0. The van der Waals surface area contributed by atoms with E-state index in [0.29, 0.717) is 35.7 Å². The predicted molar refractivity (Wildman–Crippen MR) is 112 cm³/mol. The van der Waals surface area contributed by atoms with E-state index in [-0.39, 0.29) is 16.2 Å². The van der Waals surface area contributed by atoms with E-state index in [9.17, 15) is 18.3 Å². The number of fused-ring (bicyclic) bond motifs is 1. The van der Waals surface area contributed by atoms with Crippen molar-refractivity contribution in [1.82, 2.24) is 10.1 Å². The average molecular weight is 436 g/mol. The molecule has 1 aliphatic carbocycles. The van der Waals surface area contributed by atoms with Crippen molar-refractivity contribution in [3.8, 4) is 5.75 Å². The molecule has 7 nitrogen and oxygen atoms in total. The van der Waals surface area contributed by atoms with Crippen LogP contribution in [-0.4, -0.2) is 31.7 Å². The SMILES string of the molecule is CCCCNS(=O)(=O)c1cccc(C(=O)N/N=C2\CCc3c(Cl)ccc(O)c32)c1. The molecule has 0 unspecified atom stereocenters. The third kappa shape index (κ3) is 4.77. The third-order valence-corrected chi connectivity index (χ3v) is 6.47. The van der Waals surface area contributed by atoms with Crippen LogP contribution in [0.15, 0.2) is 46.4 Å². The number of phenols is 1. The van der Waals surface area contributed by atoms with Crippen molar-refractivity contribution in [1.29, 1.82) is 0 Å². The lowest BCUT2D eigenvalue weighted by atomic mass is 10.1. The summed E-state index contributed by atoms with van der Waals surface area (Å²) in [5.74, 6) is -0.487. The number of halogens is 1. The Morgan fingerprint density at radius 3 is 2.79 bits per heavy atom. The molecule has 0 heterocycles.